The van der Waals surface area contributed by atoms with E-state index < -0.39 is 11.6 Å². The number of carbonyl (C=O) groups is 1. The molecular weight excluding hydrogens is 350 g/mol. The van der Waals surface area contributed by atoms with Crippen molar-refractivity contribution < 1.29 is 18.3 Å². The zero-order chi connectivity index (χ0) is 19.0. The third kappa shape index (κ3) is 3.26. The molecule has 0 bridgehead atoms. The van der Waals surface area contributed by atoms with Gasteiger partial charge >= 0.3 is 0 Å². The number of allylic oxidation sites excluding steroid dienone is 1. The van der Waals surface area contributed by atoms with Crippen LogP contribution in [0.1, 0.15) is 28.0 Å². The van der Waals surface area contributed by atoms with Crippen molar-refractivity contribution in [2.75, 3.05) is 0 Å². The number of benzene rings is 2. The van der Waals surface area contributed by atoms with Crippen molar-refractivity contribution in [2.45, 2.75) is 12.8 Å². The molecule has 6 heteroatoms. The van der Waals surface area contributed by atoms with Crippen LogP contribution in [-0.2, 0) is 13.5 Å². The SMILES string of the molecule is Cn1ncc2c1CCC(=Cc1ccc(Oc3ccccc3F)c(F)c1)C2=O. The number of para-hydroxylation sites is 1. The summed E-state index contributed by atoms with van der Waals surface area (Å²) in [6, 6.07) is 10.1. The molecule has 1 aliphatic rings. The maximum Gasteiger partial charge on any atom is 0.192 e. The second-order valence-electron chi connectivity index (χ2n) is 6.35. The predicted octanol–water partition coefficient (Wildman–Crippen LogP) is 4.70. The maximum atomic E-state index is 14.4. The van der Waals surface area contributed by atoms with Crippen molar-refractivity contribution in [3.63, 3.8) is 0 Å². The number of halogens is 2. The number of aromatic nitrogens is 2. The van der Waals surface area contributed by atoms with E-state index in [0.717, 1.165) is 5.69 Å². The van der Waals surface area contributed by atoms with Crippen molar-refractivity contribution >= 4 is 11.9 Å². The summed E-state index contributed by atoms with van der Waals surface area (Å²) in [7, 11) is 1.81. The van der Waals surface area contributed by atoms with Gasteiger partial charge in [0.2, 0.25) is 0 Å². The van der Waals surface area contributed by atoms with E-state index in [2.05, 4.69) is 5.10 Å². The Bertz CT molecular complexity index is 1070. The molecule has 1 aromatic heterocycles. The molecule has 136 valence electrons. The van der Waals surface area contributed by atoms with Crippen LogP contribution in [0, 0.1) is 11.6 Å². The zero-order valence-electron chi connectivity index (χ0n) is 14.6. The molecule has 2 aromatic carbocycles. The Labute approximate surface area is 154 Å². The highest BCUT2D eigenvalue weighted by molar-refractivity contribution is 6.12. The van der Waals surface area contributed by atoms with Gasteiger partial charge in [-0.2, -0.15) is 5.10 Å². The number of ether oxygens (including phenoxy) is 1. The molecule has 0 N–H and O–H groups in total. The predicted molar refractivity (Wildman–Crippen MR) is 96.7 cm³/mol. The number of rotatable bonds is 3. The van der Waals surface area contributed by atoms with E-state index in [1.807, 2.05) is 7.05 Å². The fourth-order valence-electron chi connectivity index (χ4n) is 3.16. The summed E-state index contributed by atoms with van der Waals surface area (Å²) in [4.78, 5) is 12.6. The summed E-state index contributed by atoms with van der Waals surface area (Å²) in [5.74, 6) is -1.40. The van der Waals surface area contributed by atoms with Crippen molar-refractivity contribution in [1.82, 2.24) is 9.78 Å². The molecule has 0 fully saturated rings. The van der Waals surface area contributed by atoms with Crippen LogP contribution in [0.15, 0.2) is 54.2 Å². The van der Waals surface area contributed by atoms with Gasteiger partial charge in [0.15, 0.2) is 28.9 Å². The standard InChI is InChI=1S/C21H16F2N2O2/c1-25-18-8-7-14(21(26)15(18)12-24-25)10-13-6-9-20(17(23)11-13)27-19-5-3-2-4-16(19)22/h2-6,9-12H,7-8H2,1H3. The quantitative estimate of drug-likeness (QED) is 0.631. The lowest BCUT2D eigenvalue weighted by molar-refractivity contribution is 0.102. The first-order chi connectivity index (χ1) is 13.0. The first-order valence-electron chi connectivity index (χ1n) is 8.51. The van der Waals surface area contributed by atoms with Crippen molar-refractivity contribution in [3.8, 4) is 11.5 Å². The van der Waals surface area contributed by atoms with E-state index in [0.29, 0.717) is 29.5 Å². The average molecular weight is 366 g/mol. The number of Topliss-reactive ketones (excluding diaryl/α,β-unsaturated/α-hetero) is 1. The molecule has 0 saturated carbocycles. The van der Waals surface area contributed by atoms with E-state index in [4.69, 9.17) is 4.74 Å². The summed E-state index contributed by atoms with van der Waals surface area (Å²) in [5, 5.41) is 4.12. The van der Waals surface area contributed by atoms with Crippen LogP contribution in [-0.4, -0.2) is 15.6 Å². The van der Waals surface area contributed by atoms with Gasteiger partial charge in [0.05, 0.1) is 11.8 Å². The molecule has 0 spiro atoms. The number of hydrogen-bond donors (Lipinski definition) is 0. The Hall–Kier alpha value is -3.28. The van der Waals surface area contributed by atoms with Gasteiger partial charge in [-0.25, -0.2) is 8.78 Å². The van der Waals surface area contributed by atoms with Gasteiger partial charge < -0.3 is 4.74 Å². The highest BCUT2D eigenvalue weighted by Gasteiger charge is 2.25. The minimum absolute atomic E-state index is 0.0472. The van der Waals surface area contributed by atoms with E-state index >= 15 is 0 Å². The molecule has 0 saturated heterocycles. The van der Waals surface area contributed by atoms with Crippen LogP contribution in [0.4, 0.5) is 8.78 Å². The molecule has 3 aromatic rings. The lowest BCUT2D eigenvalue weighted by atomic mass is 9.90. The van der Waals surface area contributed by atoms with Gasteiger partial charge in [0.1, 0.15) is 0 Å². The van der Waals surface area contributed by atoms with E-state index in [9.17, 15) is 13.6 Å². The molecule has 0 atom stereocenters. The summed E-state index contributed by atoms with van der Waals surface area (Å²) in [6.45, 7) is 0. The average Bonchev–Trinajstić information content (AvgIpc) is 3.03. The van der Waals surface area contributed by atoms with E-state index in [1.54, 1.807) is 29.1 Å². The molecule has 0 amide bonds. The van der Waals surface area contributed by atoms with Crippen LogP contribution in [0.5, 0.6) is 11.5 Å². The first-order valence-corrected chi connectivity index (χ1v) is 8.51. The van der Waals surface area contributed by atoms with Gasteiger partial charge in [-0.1, -0.05) is 18.2 Å². The summed E-state index contributed by atoms with van der Waals surface area (Å²) >= 11 is 0. The van der Waals surface area contributed by atoms with Crippen LogP contribution < -0.4 is 4.74 Å². The minimum atomic E-state index is -0.627. The fourth-order valence-corrected chi connectivity index (χ4v) is 3.16. The van der Waals surface area contributed by atoms with Crippen molar-refractivity contribution in [3.05, 3.63) is 82.7 Å². The Morgan fingerprint density at radius 3 is 2.63 bits per heavy atom. The number of fused-ring (bicyclic) bond motifs is 1. The fraction of sp³-hybridized carbons (Fsp3) is 0.143. The molecule has 4 rings (SSSR count). The number of carbonyl (C=O) groups excluding carboxylic acids is 1. The highest BCUT2D eigenvalue weighted by Crippen LogP contribution is 2.29. The smallest absolute Gasteiger partial charge is 0.192 e. The van der Waals surface area contributed by atoms with Crippen LogP contribution in [0.3, 0.4) is 0 Å². The molecule has 0 radical (unpaired) electrons. The number of hydrogen-bond acceptors (Lipinski definition) is 3. The molecule has 0 unspecified atom stereocenters. The lowest BCUT2D eigenvalue weighted by Gasteiger charge is -2.15. The van der Waals surface area contributed by atoms with Crippen LogP contribution in [0.25, 0.3) is 6.08 Å². The second kappa shape index (κ2) is 6.79. The van der Waals surface area contributed by atoms with Crippen LogP contribution >= 0.6 is 0 Å². The Morgan fingerprint density at radius 2 is 1.85 bits per heavy atom. The third-order valence-corrected chi connectivity index (χ3v) is 4.58. The lowest BCUT2D eigenvalue weighted by Crippen LogP contribution is -2.15. The first kappa shape index (κ1) is 17.1. The summed E-state index contributed by atoms with van der Waals surface area (Å²) < 4.78 is 35.1. The largest absolute Gasteiger partial charge is 0.451 e. The zero-order valence-corrected chi connectivity index (χ0v) is 14.6. The van der Waals surface area contributed by atoms with Crippen molar-refractivity contribution in [2.24, 2.45) is 7.05 Å². The number of ketones is 1. The maximum absolute atomic E-state index is 14.4. The van der Waals surface area contributed by atoms with Gasteiger partial charge in [0.25, 0.3) is 0 Å². The number of aryl methyl sites for hydroxylation is 1. The third-order valence-electron chi connectivity index (χ3n) is 4.58. The van der Waals surface area contributed by atoms with E-state index in [1.165, 1.54) is 30.3 Å². The highest BCUT2D eigenvalue weighted by atomic mass is 19.1. The Balaban J connectivity index is 1.59. The topological polar surface area (TPSA) is 44.1 Å². The molecule has 27 heavy (non-hydrogen) atoms. The van der Waals surface area contributed by atoms with Gasteiger partial charge in [-0.15, -0.1) is 0 Å². The normalized spacial score (nSPS) is 15.1. The van der Waals surface area contributed by atoms with Gasteiger partial charge in [-0.3, -0.25) is 9.48 Å². The monoisotopic (exact) mass is 366 g/mol. The van der Waals surface area contributed by atoms with Crippen molar-refractivity contribution in [1.29, 1.82) is 0 Å². The minimum Gasteiger partial charge on any atom is -0.451 e. The Kier molecular flexibility index (Phi) is 4.32. The molecule has 4 nitrogen and oxygen atoms in total. The number of nitrogens with zero attached hydrogens (tertiary/aromatic N) is 2. The molecular formula is C21H16F2N2O2. The Morgan fingerprint density at radius 1 is 1.07 bits per heavy atom. The molecule has 1 aliphatic carbocycles. The van der Waals surface area contributed by atoms with Gasteiger partial charge in [-0.05, 0) is 48.7 Å². The second-order valence-corrected chi connectivity index (χ2v) is 6.35. The van der Waals surface area contributed by atoms with Crippen LogP contribution in [0.2, 0.25) is 0 Å². The molecule has 0 aliphatic heterocycles. The summed E-state index contributed by atoms with van der Waals surface area (Å²) in [5.41, 5.74) is 2.66. The summed E-state index contributed by atoms with van der Waals surface area (Å²) in [6.07, 6.45) is 4.52. The molecule has 1 heterocycles. The van der Waals surface area contributed by atoms with Gasteiger partial charge in [0, 0.05) is 18.3 Å². The van der Waals surface area contributed by atoms with E-state index in [-0.39, 0.29) is 17.3 Å².